The van der Waals surface area contributed by atoms with Gasteiger partial charge in [-0.1, -0.05) is 19.9 Å². The molecule has 0 aliphatic heterocycles. The van der Waals surface area contributed by atoms with Crippen LogP contribution in [0.2, 0.25) is 0 Å². The maximum absolute atomic E-state index is 12.9. The Morgan fingerprint density at radius 2 is 1.88 bits per heavy atom. The molecule has 1 aromatic carbocycles. The van der Waals surface area contributed by atoms with Crippen LogP contribution < -0.4 is 5.32 Å². The molecule has 96 valence electrons. The molecule has 0 aliphatic rings. The molecule has 0 unspecified atom stereocenters. The lowest BCUT2D eigenvalue weighted by molar-refractivity contribution is 0.506. The Morgan fingerprint density at radius 1 is 1.12 bits per heavy atom. The average molecular weight is 241 g/mol. The molecule has 0 atom stereocenters. The van der Waals surface area contributed by atoms with E-state index in [9.17, 15) is 8.78 Å². The molecule has 0 aromatic heterocycles. The number of unbranched alkanes of at least 4 members (excludes halogenated alkanes) is 1. The predicted molar refractivity (Wildman–Crippen MR) is 67.0 cm³/mol. The summed E-state index contributed by atoms with van der Waals surface area (Å²) in [6, 6.07) is 4.14. The van der Waals surface area contributed by atoms with E-state index in [1.54, 1.807) is 6.07 Å². The Bertz CT molecular complexity index is 337. The molecule has 0 radical (unpaired) electrons. The number of hydrogen-bond donors (Lipinski definition) is 1. The molecule has 1 nitrogen and oxygen atoms in total. The Morgan fingerprint density at radius 3 is 2.53 bits per heavy atom. The summed E-state index contributed by atoms with van der Waals surface area (Å²) in [5.41, 5.74) is 0.868. The molecule has 0 fully saturated rings. The molecule has 0 saturated carbocycles. The second-order valence-corrected chi connectivity index (χ2v) is 4.80. The summed E-state index contributed by atoms with van der Waals surface area (Å²) < 4.78 is 25.6. The lowest BCUT2D eigenvalue weighted by atomic mass is 10.1. The molecule has 1 aromatic rings. The second-order valence-electron chi connectivity index (χ2n) is 4.80. The molecule has 0 heterocycles. The highest BCUT2D eigenvalue weighted by Gasteiger charge is 2.02. The van der Waals surface area contributed by atoms with Gasteiger partial charge in [0.1, 0.15) is 0 Å². The van der Waals surface area contributed by atoms with Gasteiger partial charge in [-0.05, 0) is 56.0 Å². The van der Waals surface area contributed by atoms with Crippen LogP contribution in [-0.2, 0) is 6.42 Å². The van der Waals surface area contributed by atoms with Crippen LogP contribution >= 0.6 is 0 Å². The van der Waals surface area contributed by atoms with E-state index < -0.39 is 11.6 Å². The smallest absolute Gasteiger partial charge is 0.159 e. The Hall–Kier alpha value is -0.960. The maximum atomic E-state index is 12.9. The number of hydrogen-bond acceptors (Lipinski definition) is 1. The van der Waals surface area contributed by atoms with E-state index in [0.29, 0.717) is 5.92 Å². The predicted octanol–water partition coefficient (Wildman–Crippen LogP) is 3.53. The van der Waals surface area contributed by atoms with Crippen molar-refractivity contribution in [2.75, 3.05) is 13.1 Å². The van der Waals surface area contributed by atoms with E-state index in [0.717, 1.165) is 37.9 Å². The van der Waals surface area contributed by atoms with Crippen molar-refractivity contribution in [3.05, 3.63) is 35.4 Å². The van der Waals surface area contributed by atoms with Gasteiger partial charge in [-0.3, -0.25) is 0 Å². The number of benzene rings is 1. The summed E-state index contributed by atoms with van der Waals surface area (Å²) in [5, 5.41) is 3.36. The number of halogens is 2. The zero-order chi connectivity index (χ0) is 12.7. The van der Waals surface area contributed by atoms with Crippen LogP contribution in [0.5, 0.6) is 0 Å². The molecule has 1 rings (SSSR count). The quantitative estimate of drug-likeness (QED) is 0.720. The Labute approximate surface area is 102 Å². The lowest BCUT2D eigenvalue weighted by Gasteiger charge is -2.07. The van der Waals surface area contributed by atoms with Crippen LogP contribution in [0.4, 0.5) is 8.78 Å². The molecular weight excluding hydrogens is 220 g/mol. The van der Waals surface area contributed by atoms with Crippen molar-refractivity contribution in [1.29, 1.82) is 0 Å². The van der Waals surface area contributed by atoms with E-state index in [-0.39, 0.29) is 0 Å². The van der Waals surface area contributed by atoms with Gasteiger partial charge >= 0.3 is 0 Å². The minimum Gasteiger partial charge on any atom is -0.316 e. The first-order valence-corrected chi connectivity index (χ1v) is 6.24. The third kappa shape index (κ3) is 5.78. The zero-order valence-electron chi connectivity index (χ0n) is 10.6. The van der Waals surface area contributed by atoms with Crippen LogP contribution in [0, 0.1) is 17.6 Å². The third-order valence-corrected chi connectivity index (χ3v) is 2.61. The van der Waals surface area contributed by atoms with Crippen molar-refractivity contribution >= 4 is 0 Å². The van der Waals surface area contributed by atoms with Crippen molar-refractivity contribution in [3.63, 3.8) is 0 Å². The van der Waals surface area contributed by atoms with Crippen LogP contribution in [0.3, 0.4) is 0 Å². The third-order valence-electron chi connectivity index (χ3n) is 2.61. The standard InChI is InChI=1S/C14H21F2N/c1-11(2)10-17-8-4-3-5-12-6-7-13(15)14(16)9-12/h6-7,9,11,17H,3-5,8,10H2,1-2H3. The van der Waals surface area contributed by atoms with Gasteiger partial charge in [0.25, 0.3) is 0 Å². The molecular formula is C14H21F2N. The molecule has 0 aliphatic carbocycles. The molecule has 17 heavy (non-hydrogen) atoms. The SMILES string of the molecule is CC(C)CNCCCCc1ccc(F)c(F)c1. The molecule has 0 saturated heterocycles. The summed E-state index contributed by atoms with van der Waals surface area (Å²) in [5.74, 6) is -0.853. The minimum atomic E-state index is -0.771. The molecule has 0 amide bonds. The van der Waals surface area contributed by atoms with Crippen LogP contribution in [0.1, 0.15) is 32.3 Å². The molecule has 0 spiro atoms. The summed E-state index contributed by atoms with van der Waals surface area (Å²) in [6.07, 6.45) is 2.86. The summed E-state index contributed by atoms with van der Waals surface area (Å²) in [6.45, 7) is 6.37. The number of nitrogens with one attached hydrogen (secondary N) is 1. The zero-order valence-corrected chi connectivity index (χ0v) is 10.6. The van der Waals surface area contributed by atoms with Crippen molar-refractivity contribution in [3.8, 4) is 0 Å². The first kappa shape index (κ1) is 14.1. The highest BCUT2D eigenvalue weighted by molar-refractivity contribution is 5.17. The molecule has 1 N–H and O–H groups in total. The lowest BCUT2D eigenvalue weighted by Crippen LogP contribution is -2.20. The summed E-state index contributed by atoms with van der Waals surface area (Å²) in [4.78, 5) is 0. The Kier molecular flexibility index (Phi) is 6.12. The van der Waals surface area contributed by atoms with Crippen molar-refractivity contribution in [2.24, 2.45) is 5.92 Å². The van der Waals surface area contributed by atoms with Gasteiger partial charge in [0.2, 0.25) is 0 Å². The van der Waals surface area contributed by atoms with Crippen LogP contribution in [-0.4, -0.2) is 13.1 Å². The van der Waals surface area contributed by atoms with E-state index in [2.05, 4.69) is 19.2 Å². The van der Waals surface area contributed by atoms with E-state index >= 15 is 0 Å². The number of rotatable bonds is 7. The van der Waals surface area contributed by atoms with E-state index in [1.165, 1.54) is 12.1 Å². The summed E-state index contributed by atoms with van der Waals surface area (Å²) in [7, 11) is 0. The fourth-order valence-electron chi connectivity index (χ4n) is 1.67. The highest BCUT2D eigenvalue weighted by Crippen LogP contribution is 2.10. The van der Waals surface area contributed by atoms with Crippen molar-refractivity contribution in [2.45, 2.75) is 33.1 Å². The van der Waals surface area contributed by atoms with Crippen molar-refractivity contribution in [1.82, 2.24) is 5.32 Å². The minimum absolute atomic E-state index is 0.668. The van der Waals surface area contributed by atoms with Gasteiger partial charge in [0.05, 0.1) is 0 Å². The normalized spacial score (nSPS) is 11.1. The van der Waals surface area contributed by atoms with E-state index in [1.807, 2.05) is 0 Å². The van der Waals surface area contributed by atoms with Gasteiger partial charge in [-0.25, -0.2) is 8.78 Å². The monoisotopic (exact) mass is 241 g/mol. The van der Waals surface area contributed by atoms with Crippen molar-refractivity contribution < 1.29 is 8.78 Å². The highest BCUT2D eigenvalue weighted by atomic mass is 19.2. The maximum Gasteiger partial charge on any atom is 0.159 e. The van der Waals surface area contributed by atoms with Gasteiger partial charge in [-0.15, -0.1) is 0 Å². The fraction of sp³-hybridized carbons (Fsp3) is 0.571. The first-order valence-electron chi connectivity index (χ1n) is 6.24. The Balaban J connectivity index is 2.16. The topological polar surface area (TPSA) is 12.0 Å². The average Bonchev–Trinajstić information content (AvgIpc) is 2.27. The molecule has 0 bridgehead atoms. The van der Waals surface area contributed by atoms with Gasteiger partial charge in [0.15, 0.2) is 11.6 Å². The van der Waals surface area contributed by atoms with Gasteiger partial charge in [0, 0.05) is 0 Å². The number of aryl methyl sites for hydroxylation is 1. The molecule has 3 heteroatoms. The van der Waals surface area contributed by atoms with E-state index in [4.69, 9.17) is 0 Å². The summed E-state index contributed by atoms with van der Waals surface area (Å²) >= 11 is 0. The van der Waals surface area contributed by atoms with Gasteiger partial charge < -0.3 is 5.32 Å². The first-order chi connectivity index (χ1) is 8.09. The fourth-order valence-corrected chi connectivity index (χ4v) is 1.67. The van der Waals surface area contributed by atoms with Gasteiger partial charge in [-0.2, -0.15) is 0 Å². The largest absolute Gasteiger partial charge is 0.316 e. The second kappa shape index (κ2) is 7.38. The van der Waals surface area contributed by atoms with Crippen LogP contribution in [0.25, 0.3) is 0 Å². The van der Waals surface area contributed by atoms with Crippen LogP contribution in [0.15, 0.2) is 18.2 Å².